The van der Waals surface area contributed by atoms with Crippen LogP contribution in [0.25, 0.3) is 22.2 Å². The fourth-order valence-corrected chi connectivity index (χ4v) is 3.55. The van der Waals surface area contributed by atoms with Crippen LogP contribution in [0.4, 0.5) is 0 Å². The van der Waals surface area contributed by atoms with Gasteiger partial charge < -0.3 is 10.2 Å². The highest BCUT2D eigenvalue weighted by molar-refractivity contribution is 6.07. The van der Waals surface area contributed by atoms with Gasteiger partial charge in [-0.15, -0.1) is 0 Å². The van der Waals surface area contributed by atoms with Gasteiger partial charge in [0.05, 0.1) is 16.8 Å². The molecule has 146 valence electrons. The van der Waals surface area contributed by atoms with Crippen molar-refractivity contribution in [1.82, 2.24) is 20.2 Å². The monoisotopic (exact) mass is 376 g/mol. The number of hydrogen-bond donors (Lipinski definition) is 1. The molecule has 5 heteroatoms. The van der Waals surface area contributed by atoms with Gasteiger partial charge in [0.2, 0.25) is 0 Å². The largest absolute Gasteiger partial charge is 0.350 e. The van der Waals surface area contributed by atoms with Crippen LogP contribution in [0.5, 0.6) is 0 Å². The van der Waals surface area contributed by atoms with E-state index in [4.69, 9.17) is 4.98 Å². The van der Waals surface area contributed by atoms with Gasteiger partial charge in [-0.25, -0.2) is 4.98 Å². The highest BCUT2D eigenvalue weighted by Crippen LogP contribution is 2.26. The van der Waals surface area contributed by atoms with E-state index in [0.29, 0.717) is 18.0 Å². The molecule has 5 nitrogen and oxygen atoms in total. The first-order valence-electron chi connectivity index (χ1n) is 9.64. The van der Waals surface area contributed by atoms with Gasteiger partial charge in [0.25, 0.3) is 5.91 Å². The van der Waals surface area contributed by atoms with Crippen LogP contribution in [0.2, 0.25) is 0 Å². The Morgan fingerprint density at radius 1 is 1.18 bits per heavy atom. The van der Waals surface area contributed by atoms with Crippen molar-refractivity contribution < 1.29 is 4.79 Å². The fraction of sp³-hybridized carbons (Fsp3) is 0.348. The van der Waals surface area contributed by atoms with Crippen LogP contribution in [0, 0.1) is 12.8 Å². The Balaban J connectivity index is 2.01. The molecule has 0 radical (unpaired) electrons. The van der Waals surface area contributed by atoms with Crippen LogP contribution in [0.3, 0.4) is 0 Å². The number of amides is 1. The first-order chi connectivity index (χ1) is 13.4. The average Bonchev–Trinajstić information content (AvgIpc) is 2.67. The summed E-state index contributed by atoms with van der Waals surface area (Å²) in [7, 11) is 4.09. The van der Waals surface area contributed by atoms with Crippen LogP contribution >= 0.6 is 0 Å². The minimum atomic E-state index is -0.0735. The molecule has 0 aliphatic rings. The molecular formula is C23H28N4O. The molecule has 3 aromatic rings. The molecule has 0 aliphatic carbocycles. The van der Waals surface area contributed by atoms with Crippen molar-refractivity contribution in [3.8, 4) is 11.3 Å². The van der Waals surface area contributed by atoms with E-state index < -0.39 is 0 Å². The maximum Gasteiger partial charge on any atom is 0.252 e. The molecule has 2 heterocycles. The number of aryl methyl sites for hydroxylation is 1. The van der Waals surface area contributed by atoms with Crippen LogP contribution in [-0.2, 0) is 0 Å². The third-order valence-electron chi connectivity index (χ3n) is 5.15. The summed E-state index contributed by atoms with van der Waals surface area (Å²) in [6.45, 7) is 6.96. The summed E-state index contributed by atoms with van der Waals surface area (Å²) in [4.78, 5) is 24.3. The lowest BCUT2D eigenvalue weighted by Crippen LogP contribution is -2.43. The Kier molecular flexibility index (Phi) is 6.05. The van der Waals surface area contributed by atoms with E-state index >= 15 is 0 Å². The summed E-state index contributed by atoms with van der Waals surface area (Å²) in [6.07, 6.45) is 3.51. The van der Waals surface area contributed by atoms with Crippen LogP contribution in [-0.4, -0.2) is 47.5 Å². The predicted octanol–water partition coefficient (Wildman–Crippen LogP) is 3.92. The van der Waals surface area contributed by atoms with Crippen molar-refractivity contribution in [2.24, 2.45) is 5.92 Å². The molecule has 0 saturated heterocycles. The summed E-state index contributed by atoms with van der Waals surface area (Å²) < 4.78 is 0. The normalized spacial score (nSPS) is 12.5. The van der Waals surface area contributed by atoms with Crippen LogP contribution < -0.4 is 5.32 Å². The van der Waals surface area contributed by atoms with Crippen molar-refractivity contribution >= 4 is 16.8 Å². The Morgan fingerprint density at radius 2 is 1.96 bits per heavy atom. The number of pyridine rings is 2. The summed E-state index contributed by atoms with van der Waals surface area (Å²) >= 11 is 0. The van der Waals surface area contributed by atoms with Crippen molar-refractivity contribution in [3.05, 3.63) is 59.9 Å². The van der Waals surface area contributed by atoms with Crippen molar-refractivity contribution in [3.63, 3.8) is 0 Å². The number of hydrogen-bond acceptors (Lipinski definition) is 4. The molecule has 2 aromatic heterocycles. The molecule has 1 N–H and O–H groups in total. The quantitative estimate of drug-likeness (QED) is 0.708. The summed E-state index contributed by atoms with van der Waals surface area (Å²) in [6, 6.07) is 11.9. The van der Waals surface area contributed by atoms with Crippen molar-refractivity contribution in [1.29, 1.82) is 0 Å². The third kappa shape index (κ3) is 4.20. The summed E-state index contributed by atoms with van der Waals surface area (Å²) in [5.74, 6) is 0.369. The van der Waals surface area contributed by atoms with E-state index in [1.165, 1.54) is 0 Å². The number of carbonyl (C=O) groups is 1. The van der Waals surface area contributed by atoms with E-state index in [9.17, 15) is 4.79 Å². The second-order valence-corrected chi connectivity index (χ2v) is 7.75. The zero-order valence-corrected chi connectivity index (χ0v) is 17.2. The second kappa shape index (κ2) is 8.48. The Morgan fingerprint density at radius 3 is 2.61 bits per heavy atom. The van der Waals surface area contributed by atoms with Gasteiger partial charge in [-0.05, 0) is 50.7 Å². The van der Waals surface area contributed by atoms with E-state index in [1.54, 1.807) is 12.4 Å². The first-order valence-corrected chi connectivity index (χ1v) is 9.64. The van der Waals surface area contributed by atoms with Crippen LogP contribution in [0.15, 0.2) is 48.8 Å². The standard InChI is InChI=1S/C23H28N4O/c1-15(2)21(27(4)5)14-25-23(28)19-12-20(17-9-7-11-24-13-17)26-22-16(3)8-6-10-18(19)22/h6-13,15,21H,14H2,1-5H3,(H,25,28)/t21-/m0/s1. The van der Waals surface area contributed by atoms with Crippen LogP contribution in [0.1, 0.15) is 29.8 Å². The van der Waals surface area contributed by atoms with Gasteiger partial charge >= 0.3 is 0 Å². The predicted molar refractivity (Wildman–Crippen MR) is 114 cm³/mol. The van der Waals surface area contributed by atoms with Gasteiger partial charge in [0, 0.05) is 35.9 Å². The maximum absolute atomic E-state index is 13.1. The maximum atomic E-state index is 13.1. The summed E-state index contributed by atoms with van der Waals surface area (Å²) in [5.41, 5.74) is 4.20. The van der Waals surface area contributed by atoms with E-state index in [1.807, 2.05) is 57.4 Å². The molecule has 1 amide bonds. The molecule has 28 heavy (non-hydrogen) atoms. The molecule has 3 rings (SSSR count). The highest BCUT2D eigenvalue weighted by Gasteiger charge is 2.19. The minimum Gasteiger partial charge on any atom is -0.350 e. The Hall–Kier alpha value is -2.79. The molecule has 0 aliphatic heterocycles. The third-order valence-corrected chi connectivity index (χ3v) is 5.15. The van der Waals surface area contributed by atoms with E-state index in [0.717, 1.165) is 27.7 Å². The number of fused-ring (bicyclic) bond motifs is 1. The average molecular weight is 377 g/mol. The number of benzene rings is 1. The first kappa shape index (κ1) is 20.0. The highest BCUT2D eigenvalue weighted by atomic mass is 16.1. The van der Waals surface area contributed by atoms with Gasteiger partial charge in [0.15, 0.2) is 0 Å². The molecule has 0 saturated carbocycles. The van der Waals surface area contributed by atoms with Gasteiger partial charge in [-0.3, -0.25) is 9.78 Å². The zero-order chi connectivity index (χ0) is 20.3. The lowest BCUT2D eigenvalue weighted by molar-refractivity contribution is 0.0936. The number of carbonyl (C=O) groups excluding carboxylic acids is 1. The van der Waals surface area contributed by atoms with Gasteiger partial charge in [-0.1, -0.05) is 32.0 Å². The molecule has 0 unspecified atom stereocenters. The van der Waals surface area contributed by atoms with Crippen molar-refractivity contribution in [2.45, 2.75) is 26.8 Å². The lowest BCUT2D eigenvalue weighted by atomic mass is 10.0. The smallest absolute Gasteiger partial charge is 0.252 e. The van der Waals surface area contributed by atoms with Gasteiger partial charge in [-0.2, -0.15) is 0 Å². The molecule has 0 spiro atoms. The topological polar surface area (TPSA) is 58.1 Å². The van der Waals surface area contributed by atoms with E-state index in [2.05, 4.69) is 29.0 Å². The molecule has 0 fully saturated rings. The number of aromatic nitrogens is 2. The molecular weight excluding hydrogens is 348 g/mol. The van der Waals surface area contributed by atoms with E-state index in [-0.39, 0.29) is 11.9 Å². The Bertz CT molecular complexity index is 959. The minimum absolute atomic E-state index is 0.0735. The number of likely N-dealkylation sites (N-methyl/N-ethyl adjacent to an activating group) is 1. The molecule has 1 aromatic carbocycles. The fourth-order valence-electron chi connectivity index (χ4n) is 3.55. The molecule has 1 atom stereocenters. The lowest BCUT2D eigenvalue weighted by Gasteiger charge is -2.28. The number of nitrogens with zero attached hydrogens (tertiary/aromatic N) is 3. The van der Waals surface area contributed by atoms with Crippen molar-refractivity contribution in [2.75, 3.05) is 20.6 Å². The second-order valence-electron chi connectivity index (χ2n) is 7.75. The van der Waals surface area contributed by atoms with Gasteiger partial charge in [0.1, 0.15) is 0 Å². The number of nitrogens with one attached hydrogen (secondary N) is 1. The SMILES string of the molecule is Cc1cccc2c(C(=O)NC[C@@H](C(C)C)N(C)C)cc(-c3cccnc3)nc12. The Labute approximate surface area is 166 Å². The molecule has 0 bridgehead atoms. The zero-order valence-electron chi connectivity index (χ0n) is 17.2. The number of rotatable bonds is 6. The summed E-state index contributed by atoms with van der Waals surface area (Å²) in [5, 5.41) is 4.00. The number of para-hydroxylation sites is 1.